The number of allylic oxidation sites excluding steroid dienone is 1. The second-order valence-electron chi connectivity index (χ2n) is 5.55. The highest BCUT2D eigenvalue weighted by molar-refractivity contribution is 6.10. The van der Waals surface area contributed by atoms with Crippen LogP contribution in [-0.4, -0.2) is 5.78 Å². The van der Waals surface area contributed by atoms with Crippen LogP contribution in [0.25, 0.3) is 0 Å². The Kier molecular flexibility index (Phi) is 2.49. The van der Waals surface area contributed by atoms with Gasteiger partial charge in [0.15, 0.2) is 5.78 Å². The van der Waals surface area contributed by atoms with Gasteiger partial charge in [-0.15, -0.1) is 0 Å². The summed E-state index contributed by atoms with van der Waals surface area (Å²) in [6, 6.07) is 6.28. The first-order chi connectivity index (χ1) is 7.39. The fourth-order valence-corrected chi connectivity index (χ4v) is 2.06. The van der Waals surface area contributed by atoms with Crippen molar-refractivity contribution in [2.45, 2.75) is 39.0 Å². The average Bonchev–Trinajstić information content (AvgIpc) is 2.22. The summed E-state index contributed by atoms with van der Waals surface area (Å²) in [7, 11) is 0. The summed E-state index contributed by atoms with van der Waals surface area (Å²) >= 11 is 0. The smallest absolute Gasteiger partial charge is 0.188 e. The van der Waals surface area contributed by atoms with Crippen LogP contribution >= 0.6 is 0 Å². The summed E-state index contributed by atoms with van der Waals surface area (Å²) < 4.78 is 0. The molecule has 0 radical (unpaired) electrons. The lowest BCUT2D eigenvalue weighted by Crippen LogP contribution is -2.17. The van der Waals surface area contributed by atoms with Crippen molar-refractivity contribution in [1.82, 2.24) is 0 Å². The lowest BCUT2D eigenvalue weighted by Gasteiger charge is -2.23. The van der Waals surface area contributed by atoms with Crippen LogP contribution in [0.3, 0.4) is 0 Å². The molecule has 0 unspecified atom stereocenters. The third-order valence-corrected chi connectivity index (χ3v) is 3.24. The van der Waals surface area contributed by atoms with E-state index in [1.54, 1.807) is 0 Å². The number of hydrogen-bond acceptors (Lipinski definition) is 1. The molecular weight excluding hydrogens is 196 g/mol. The maximum atomic E-state index is 12.0. The number of hydrogen-bond donors (Lipinski definition) is 0. The highest BCUT2D eigenvalue weighted by Crippen LogP contribution is 2.29. The Morgan fingerprint density at radius 1 is 1.19 bits per heavy atom. The molecule has 0 saturated heterocycles. The SMILES string of the molecule is C=C1CCc2ccc(C(C)(C)C)cc2C1=O. The minimum absolute atomic E-state index is 0.0914. The Balaban J connectivity index is 2.53. The molecule has 0 heterocycles. The number of rotatable bonds is 0. The van der Waals surface area contributed by atoms with E-state index in [1.807, 2.05) is 6.07 Å². The molecule has 2 rings (SSSR count). The van der Waals surface area contributed by atoms with Gasteiger partial charge in [-0.2, -0.15) is 0 Å². The molecule has 0 saturated carbocycles. The average molecular weight is 214 g/mol. The minimum atomic E-state index is 0.0914. The summed E-state index contributed by atoms with van der Waals surface area (Å²) in [5.41, 5.74) is 4.09. The molecule has 84 valence electrons. The molecule has 0 N–H and O–H groups in total. The van der Waals surface area contributed by atoms with Gasteiger partial charge < -0.3 is 0 Å². The fourth-order valence-electron chi connectivity index (χ4n) is 2.06. The Morgan fingerprint density at radius 3 is 2.50 bits per heavy atom. The van der Waals surface area contributed by atoms with Crippen LogP contribution in [0, 0.1) is 0 Å². The van der Waals surface area contributed by atoms with Crippen molar-refractivity contribution >= 4 is 5.78 Å². The van der Waals surface area contributed by atoms with E-state index < -0.39 is 0 Å². The molecule has 0 aliphatic heterocycles. The van der Waals surface area contributed by atoms with Crippen LogP contribution in [0.15, 0.2) is 30.4 Å². The van der Waals surface area contributed by atoms with Crippen molar-refractivity contribution in [2.75, 3.05) is 0 Å². The number of fused-ring (bicyclic) bond motifs is 1. The van der Waals surface area contributed by atoms with E-state index in [9.17, 15) is 4.79 Å². The number of Topliss-reactive ketones (excluding diaryl/α,β-unsaturated/α-hetero) is 1. The van der Waals surface area contributed by atoms with E-state index in [4.69, 9.17) is 0 Å². The van der Waals surface area contributed by atoms with E-state index in [2.05, 4.69) is 39.5 Å². The van der Waals surface area contributed by atoms with Gasteiger partial charge >= 0.3 is 0 Å². The van der Waals surface area contributed by atoms with Crippen LogP contribution in [0.1, 0.15) is 48.7 Å². The zero-order valence-electron chi connectivity index (χ0n) is 10.3. The Bertz CT molecular complexity index is 461. The minimum Gasteiger partial charge on any atom is -0.289 e. The molecule has 1 heteroatoms. The van der Waals surface area contributed by atoms with Gasteiger partial charge in [0.25, 0.3) is 0 Å². The van der Waals surface area contributed by atoms with Crippen LogP contribution in [0.5, 0.6) is 0 Å². The molecule has 1 aliphatic carbocycles. The summed E-state index contributed by atoms with van der Waals surface area (Å²) in [6.45, 7) is 10.3. The van der Waals surface area contributed by atoms with Gasteiger partial charge in [0, 0.05) is 5.56 Å². The van der Waals surface area contributed by atoms with Crippen molar-refractivity contribution in [3.8, 4) is 0 Å². The molecule has 1 aliphatic rings. The zero-order chi connectivity index (χ0) is 11.9. The lowest BCUT2D eigenvalue weighted by atomic mass is 9.81. The first-order valence-electron chi connectivity index (χ1n) is 5.75. The molecule has 16 heavy (non-hydrogen) atoms. The van der Waals surface area contributed by atoms with Crippen LogP contribution < -0.4 is 0 Å². The summed E-state index contributed by atoms with van der Waals surface area (Å²) in [6.07, 6.45) is 1.75. The maximum absolute atomic E-state index is 12.0. The number of benzene rings is 1. The first-order valence-corrected chi connectivity index (χ1v) is 5.75. The monoisotopic (exact) mass is 214 g/mol. The summed E-state index contributed by atoms with van der Waals surface area (Å²) in [5, 5.41) is 0. The predicted molar refractivity (Wildman–Crippen MR) is 66.9 cm³/mol. The zero-order valence-corrected chi connectivity index (χ0v) is 10.3. The molecule has 0 aromatic heterocycles. The number of carbonyl (C=O) groups excluding carboxylic acids is 1. The van der Waals surface area contributed by atoms with Crippen molar-refractivity contribution in [2.24, 2.45) is 0 Å². The topological polar surface area (TPSA) is 17.1 Å². The van der Waals surface area contributed by atoms with Gasteiger partial charge in [0.2, 0.25) is 0 Å². The van der Waals surface area contributed by atoms with Crippen molar-refractivity contribution < 1.29 is 4.79 Å². The van der Waals surface area contributed by atoms with Crippen LogP contribution in [0.4, 0.5) is 0 Å². The third-order valence-electron chi connectivity index (χ3n) is 3.24. The summed E-state index contributed by atoms with van der Waals surface area (Å²) in [4.78, 5) is 12.0. The van der Waals surface area contributed by atoms with Gasteiger partial charge in [-0.3, -0.25) is 4.79 Å². The Hall–Kier alpha value is -1.37. The molecule has 1 nitrogen and oxygen atoms in total. The van der Waals surface area contributed by atoms with E-state index in [-0.39, 0.29) is 11.2 Å². The third kappa shape index (κ3) is 1.82. The Morgan fingerprint density at radius 2 is 1.88 bits per heavy atom. The molecule has 0 atom stereocenters. The largest absolute Gasteiger partial charge is 0.289 e. The number of carbonyl (C=O) groups is 1. The quantitative estimate of drug-likeness (QED) is 0.602. The van der Waals surface area contributed by atoms with Gasteiger partial charge in [-0.05, 0) is 41.0 Å². The molecule has 0 spiro atoms. The van der Waals surface area contributed by atoms with Crippen molar-refractivity contribution in [3.05, 3.63) is 47.0 Å². The standard InChI is InChI=1S/C15H18O/c1-10-5-6-11-7-8-12(15(2,3)4)9-13(11)14(10)16/h7-9H,1,5-6H2,2-4H3. The maximum Gasteiger partial charge on any atom is 0.188 e. The summed E-state index contributed by atoms with van der Waals surface area (Å²) in [5.74, 6) is 0.132. The van der Waals surface area contributed by atoms with E-state index >= 15 is 0 Å². The highest BCUT2D eigenvalue weighted by Gasteiger charge is 2.23. The molecule has 0 bridgehead atoms. The predicted octanol–water partition coefficient (Wildman–Crippen LogP) is 3.67. The van der Waals surface area contributed by atoms with Gasteiger partial charge in [-0.1, -0.05) is 39.5 Å². The van der Waals surface area contributed by atoms with E-state index in [0.29, 0.717) is 0 Å². The van der Waals surface area contributed by atoms with Crippen LogP contribution in [-0.2, 0) is 11.8 Å². The second kappa shape index (κ2) is 3.58. The number of aryl methyl sites for hydroxylation is 1. The molecule has 1 aromatic carbocycles. The highest BCUT2D eigenvalue weighted by atomic mass is 16.1. The first kappa shape index (κ1) is 11.1. The molecule has 0 amide bonds. The van der Waals surface area contributed by atoms with E-state index in [0.717, 1.165) is 24.0 Å². The van der Waals surface area contributed by atoms with Crippen molar-refractivity contribution in [3.63, 3.8) is 0 Å². The lowest BCUT2D eigenvalue weighted by molar-refractivity contribution is 0.102. The second-order valence-corrected chi connectivity index (χ2v) is 5.55. The number of ketones is 1. The normalized spacial score (nSPS) is 16.2. The van der Waals surface area contributed by atoms with E-state index in [1.165, 1.54) is 11.1 Å². The van der Waals surface area contributed by atoms with Crippen molar-refractivity contribution in [1.29, 1.82) is 0 Å². The molecular formula is C15H18O. The fraction of sp³-hybridized carbons (Fsp3) is 0.400. The van der Waals surface area contributed by atoms with Gasteiger partial charge in [0.05, 0.1) is 0 Å². The van der Waals surface area contributed by atoms with Gasteiger partial charge in [0.1, 0.15) is 0 Å². The van der Waals surface area contributed by atoms with Crippen LogP contribution in [0.2, 0.25) is 0 Å². The Labute approximate surface area is 97.2 Å². The molecule has 0 fully saturated rings. The molecule has 1 aromatic rings. The van der Waals surface area contributed by atoms with Gasteiger partial charge in [-0.25, -0.2) is 0 Å².